The number of hydrogen-bond donors (Lipinski definition) is 3. The third-order valence-corrected chi connectivity index (χ3v) is 12.1. The number of hydrogen-bond acceptors (Lipinski definition) is 12. The van der Waals surface area contributed by atoms with E-state index in [1.165, 1.54) is 38.5 Å². The molecule has 62 heavy (non-hydrogen) atoms. The van der Waals surface area contributed by atoms with Crippen molar-refractivity contribution in [3.05, 3.63) is 36.5 Å². The number of Topliss-reactive ketones (excluding diaryl/α,β-unsaturated/α-hetero) is 1. The Kier molecular flexibility index (Phi) is 32.7. The zero-order valence-corrected chi connectivity index (χ0v) is 40.0. The fourth-order valence-corrected chi connectivity index (χ4v) is 8.00. The lowest BCUT2D eigenvalue weighted by Gasteiger charge is -2.28. The summed E-state index contributed by atoms with van der Waals surface area (Å²) in [6, 6.07) is 0. The Balaban J connectivity index is 2.50. The number of carbonyl (C=O) groups is 3. The molecule has 14 heteroatoms. The van der Waals surface area contributed by atoms with Crippen LogP contribution in [0.2, 0.25) is 0 Å². The molecule has 0 aromatic rings. The van der Waals surface area contributed by atoms with E-state index in [1.54, 1.807) is 12.2 Å². The van der Waals surface area contributed by atoms with Crippen LogP contribution in [0.25, 0.3) is 0 Å². The van der Waals surface area contributed by atoms with Gasteiger partial charge in [-0.3, -0.25) is 18.9 Å². The second-order valence-corrected chi connectivity index (χ2v) is 19.5. The van der Waals surface area contributed by atoms with Crippen molar-refractivity contribution in [2.75, 3.05) is 47.5 Å². The van der Waals surface area contributed by atoms with E-state index >= 15 is 0 Å². The Morgan fingerprint density at radius 3 is 1.98 bits per heavy atom. The highest BCUT2D eigenvalue weighted by Gasteiger charge is 2.41. The summed E-state index contributed by atoms with van der Waals surface area (Å²) in [4.78, 5) is 50.7. The first-order valence-electron chi connectivity index (χ1n) is 23.9. The normalized spacial score (nSPS) is 20.3. The molecule has 0 heterocycles. The molecule has 0 amide bonds. The molecule has 1 fully saturated rings. The SMILES string of the molecule is CCCCC/C=C\C/C=C\CCCCCCCCCC(=O)OC[C@H](COP(=O)([O-])OCC[N+](C)(C)C)OC(=O)CCCCC(=O)C[C@@H]1[C@@H](/C=C/[C@@H](O)CCCCC)[C@H](O)C[C@@H]1O. The second-order valence-electron chi connectivity index (χ2n) is 18.1. The first-order chi connectivity index (χ1) is 29.6. The Bertz CT molecular complexity index is 1330. The van der Waals surface area contributed by atoms with Gasteiger partial charge < -0.3 is 43.2 Å². The molecule has 1 saturated carbocycles. The quantitative estimate of drug-likeness (QED) is 0.0175. The molecular formula is C48H86NO12P. The predicted octanol–water partition coefficient (Wildman–Crippen LogP) is 8.62. The number of aliphatic hydroxyl groups excluding tert-OH is 3. The Hall–Kier alpha value is -2.22. The highest BCUT2D eigenvalue weighted by molar-refractivity contribution is 7.45. The van der Waals surface area contributed by atoms with Crippen molar-refractivity contribution >= 4 is 25.5 Å². The first-order valence-corrected chi connectivity index (χ1v) is 25.3. The minimum absolute atomic E-state index is 0.0631. The van der Waals surface area contributed by atoms with Crippen LogP contribution < -0.4 is 4.89 Å². The van der Waals surface area contributed by atoms with Crippen LogP contribution in [-0.4, -0.2) is 109 Å². The summed E-state index contributed by atoms with van der Waals surface area (Å²) >= 11 is 0. The van der Waals surface area contributed by atoms with Gasteiger partial charge in [0.15, 0.2) is 6.10 Å². The number of allylic oxidation sites excluding steroid dienone is 4. The van der Waals surface area contributed by atoms with E-state index in [1.807, 2.05) is 21.1 Å². The van der Waals surface area contributed by atoms with E-state index in [-0.39, 0.29) is 51.1 Å². The van der Waals surface area contributed by atoms with Crippen molar-refractivity contribution in [1.29, 1.82) is 0 Å². The molecule has 0 radical (unpaired) electrons. The number of esters is 2. The predicted molar refractivity (Wildman–Crippen MR) is 243 cm³/mol. The zero-order chi connectivity index (χ0) is 46.1. The molecular weight excluding hydrogens is 813 g/mol. The highest BCUT2D eigenvalue weighted by Crippen LogP contribution is 2.39. The highest BCUT2D eigenvalue weighted by atomic mass is 31.2. The van der Waals surface area contributed by atoms with Crippen LogP contribution in [0, 0.1) is 11.8 Å². The number of phosphoric acid groups is 1. The maximum Gasteiger partial charge on any atom is 0.306 e. The summed E-state index contributed by atoms with van der Waals surface area (Å²) in [6.07, 6.45) is 28.0. The van der Waals surface area contributed by atoms with Gasteiger partial charge in [-0.1, -0.05) is 115 Å². The number of phosphoric ester groups is 1. The Morgan fingerprint density at radius 2 is 1.32 bits per heavy atom. The molecule has 0 aliphatic heterocycles. The van der Waals surface area contributed by atoms with Gasteiger partial charge in [0.05, 0.1) is 46.1 Å². The molecule has 1 rings (SSSR count). The summed E-state index contributed by atoms with van der Waals surface area (Å²) in [5.41, 5.74) is 0. The minimum Gasteiger partial charge on any atom is -0.756 e. The van der Waals surface area contributed by atoms with Crippen LogP contribution in [0.1, 0.15) is 168 Å². The van der Waals surface area contributed by atoms with Gasteiger partial charge in [-0.05, 0) is 57.8 Å². The Labute approximate surface area is 374 Å². The van der Waals surface area contributed by atoms with Gasteiger partial charge >= 0.3 is 11.9 Å². The summed E-state index contributed by atoms with van der Waals surface area (Å²) in [6.45, 7) is 3.65. The van der Waals surface area contributed by atoms with Gasteiger partial charge in [0.25, 0.3) is 7.82 Å². The number of unbranched alkanes of at least 4 members (excludes halogenated alkanes) is 13. The van der Waals surface area contributed by atoms with Crippen LogP contribution >= 0.6 is 7.82 Å². The molecule has 0 spiro atoms. The Morgan fingerprint density at radius 1 is 0.742 bits per heavy atom. The number of rotatable bonds is 39. The fourth-order valence-electron chi connectivity index (χ4n) is 7.27. The minimum atomic E-state index is -4.74. The lowest BCUT2D eigenvalue weighted by molar-refractivity contribution is -0.870. The number of carbonyl (C=O) groups excluding carboxylic acids is 3. The van der Waals surface area contributed by atoms with E-state index in [4.69, 9.17) is 18.5 Å². The van der Waals surface area contributed by atoms with Crippen LogP contribution in [0.5, 0.6) is 0 Å². The second kappa shape index (κ2) is 35.1. The average molecular weight is 900 g/mol. The summed E-state index contributed by atoms with van der Waals surface area (Å²) < 4.78 is 33.8. The summed E-state index contributed by atoms with van der Waals surface area (Å²) in [7, 11) is 0.930. The van der Waals surface area contributed by atoms with E-state index in [9.17, 15) is 39.2 Å². The zero-order valence-electron chi connectivity index (χ0n) is 39.1. The number of likely N-dealkylation sites (N-methyl/N-ethyl adjacent to an activating group) is 1. The molecule has 7 atom stereocenters. The van der Waals surface area contributed by atoms with Gasteiger partial charge in [-0.2, -0.15) is 0 Å². The smallest absolute Gasteiger partial charge is 0.306 e. The third kappa shape index (κ3) is 31.6. The molecule has 0 aromatic heterocycles. The number of ether oxygens (including phenoxy) is 2. The molecule has 0 bridgehead atoms. The van der Waals surface area contributed by atoms with Crippen LogP contribution in [-0.2, 0) is 37.5 Å². The van der Waals surface area contributed by atoms with Crippen LogP contribution in [0.15, 0.2) is 36.5 Å². The van der Waals surface area contributed by atoms with Gasteiger partial charge in [-0.25, -0.2) is 0 Å². The van der Waals surface area contributed by atoms with Crippen molar-refractivity contribution in [2.24, 2.45) is 11.8 Å². The topological polar surface area (TPSA) is 189 Å². The molecule has 0 saturated heterocycles. The summed E-state index contributed by atoms with van der Waals surface area (Å²) in [5, 5.41) is 31.4. The summed E-state index contributed by atoms with van der Waals surface area (Å²) in [5.74, 6) is -2.15. The number of nitrogens with zero attached hydrogens (tertiary/aromatic N) is 1. The van der Waals surface area contributed by atoms with Crippen molar-refractivity contribution < 1.29 is 62.2 Å². The third-order valence-electron chi connectivity index (χ3n) is 11.1. The molecule has 360 valence electrons. The van der Waals surface area contributed by atoms with Gasteiger partial charge in [0.1, 0.15) is 25.5 Å². The van der Waals surface area contributed by atoms with Gasteiger partial charge in [0, 0.05) is 43.9 Å². The standard InChI is InChI=1S/C48H86NO12P/c1-6-8-10-11-12-13-14-15-16-17-18-19-20-21-22-23-25-30-47(54)58-38-42(39-60-62(56,57)59-35-34-49(3,4)5)61-48(55)31-27-26-29-41(51)36-44-43(45(52)37-46(44)53)33-32-40(50)28-24-9-7-2/h12-13,15-16,32-33,40,42-46,50,52-53H,6-11,14,17-31,34-39H2,1-5H3/b13-12-,16-15-,33-32+/t40-,42+,43+,44+,45+,46-/m0/s1. The van der Waals surface area contributed by atoms with E-state index in [2.05, 4.69) is 38.2 Å². The molecule has 1 unspecified atom stereocenters. The van der Waals surface area contributed by atoms with Gasteiger partial charge in [-0.15, -0.1) is 0 Å². The van der Waals surface area contributed by atoms with Gasteiger partial charge in [0.2, 0.25) is 0 Å². The first kappa shape index (κ1) is 57.8. The molecule has 3 N–H and O–H groups in total. The number of ketones is 1. The van der Waals surface area contributed by atoms with Crippen LogP contribution in [0.3, 0.4) is 0 Å². The van der Waals surface area contributed by atoms with E-state index < -0.39 is 62.6 Å². The number of quaternary nitrogens is 1. The number of aliphatic hydroxyl groups is 3. The largest absolute Gasteiger partial charge is 0.756 e. The maximum absolute atomic E-state index is 12.9. The molecule has 13 nitrogen and oxygen atoms in total. The van der Waals surface area contributed by atoms with Crippen molar-refractivity contribution in [1.82, 2.24) is 0 Å². The fraction of sp³-hybridized carbons (Fsp3) is 0.812. The maximum atomic E-state index is 12.9. The van der Waals surface area contributed by atoms with Crippen molar-refractivity contribution in [3.8, 4) is 0 Å². The average Bonchev–Trinajstić information content (AvgIpc) is 3.47. The molecule has 0 aromatic carbocycles. The van der Waals surface area contributed by atoms with E-state index in [0.29, 0.717) is 36.7 Å². The van der Waals surface area contributed by atoms with E-state index in [0.717, 1.165) is 57.8 Å². The molecule has 1 aliphatic rings. The van der Waals surface area contributed by atoms with Crippen molar-refractivity contribution in [3.63, 3.8) is 0 Å². The lowest BCUT2D eigenvalue weighted by atomic mass is 9.87. The van der Waals surface area contributed by atoms with Crippen molar-refractivity contribution in [2.45, 2.75) is 192 Å². The monoisotopic (exact) mass is 900 g/mol. The molecule has 1 aliphatic carbocycles. The lowest BCUT2D eigenvalue weighted by Crippen LogP contribution is -2.37. The van der Waals surface area contributed by atoms with Crippen LogP contribution in [0.4, 0.5) is 0 Å².